The van der Waals surface area contributed by atoms with Crippen molar-refractivity contribution in [2.45, 2.75) is 36.8 Å². The van der Waals surface area contributed by atoms with Gasteiger partial charge in [-0.25, -0.2) is 9.59 Å². The van der Waals surface area contributed by atoms with E-state index in [2.05, 4.69) is 0 Å². The standard InChI is InChI=1S/C14H14O6/c15-12(8-4-2-1-3-5-8)20-10-7-14(18,13(16)17)6-9-11(10)19-9/h1-5,9-11,18H,6-7H2,(H,16,17)/t9-,10+,11-,14+/m0/s1. The van der Waals surface area contributed by atoms with Crippen LogP contribution >= 0.6 is 0 Å². The van der Waals surface area contributed by atoms with Crippen LogP contribution in [0.3, 0.4) is 0 Å². The lowest BCUT2D eigenvalue weighted by atomic mass is 9.83. The summed E-state index contributed by atoms with van der Waals surface area (Å²) in [5.74, 6) is -1.85. The molecule has 4 atom stereocenters. The third-order valence-electron chi connectivity index (χ3n) is 3.73. The zero-order valence-corrected chi connectivity index (χ0v) is 10.6. The molecule has 0 amide bonds. The first kappa shape index (κ1) is 13.1. The molecule has 20 heavy (non-hydrogen) atoms. The molecule has 2 fully saturated rings. The fraction of sp³-hybridized carbons (Fsp3) is 0.429. The number of fused-ring (bicyclic) bond motifs is 1. The Bertz CT molecular complexity index is 542. The van der Waals surface area contributed by atoms with Crippen molar-refractivity contribution >= 4 is 11.9 Å². The summed E-state index contributed by atoms with van der Waals surface area (Å²) in [4.78, 5) is 23.0. The van der Waals surface area contributed by atoms with E-state index < -0.39 is 23.6 Å². The minimum absolute atomic E-state index is 0.0341. The quantitative estimate of drug-likeness (QED) is 0.620. The molecule has 1 saturated carbocycles. The molecule has 1 heterocycles. The van der Waals surface area contributed by atoms with Crippen molar-refractivity contribution in [3.05, 3.63) is 35.9 Å². The Morgan fingerprint density at radius 3 is 2.60 bits per heavy atom. The van der Waals surface area contributed by atoms with Gasteiger partial charge in [0, 0.05) is 12.8 Å². The molecule has 1 aliphatic carbocycles. The van der Waals surface area contributed by atoms with E-state index in [0.717, 1.165) is 0 Å². The molecule has 6 nitrogen and oxygen atoms in total. The summed E-state index contributed by atoms with van der Waals surface area (Å²) in [6.07, 6.45) is -1.50. The Morgan fingerprint density at radius 2 is 1.95 bits per heavy atom. The smallest absolute Gasteiger partial charge is 0.338 e. The third-order valence-corrected chi connectivity index (χ3v) is 3.73. The number of esters is 1. The highest BCUT2D eigenvalue weighted by atomic mass is 16.6. The second-order valence-corrected chi connectivity index (χ2v) is 5.19. The molecule has 1 aliphatic heterocycles. The average molecular weight is 278 g/mol. The molecule has 1 aromatic carbocycles. The van der Waals surface area contributed by atoms with Crippen LogP contribution in [-0.4, -0.2) is 46.1 Å². The molecule has 2 N–H and O–H groups in total. The topological polar surface area (TPSA) is 96.4 Å². The average Bonchev–Trinajstić information content (AvgIpc) is 3.18. The molecule has 0 spiro atoms. The van der Waals surface area contributed by atoms with E-state index in [9.17, 15) is 14.7 Å². The highest BCUT2D eigenvalue weighted by Gasteiger charge is 2.60. The van der Waals surface area contributed by atoms with Crippen LogP contribution in [0.25, 0.3) is 0 Å². The Kier molecular flexibility index (Phi) is 2.99. The van der Waals surface area contributed by atoms with Crippen molar-refractivity contribution in [1.29, 1.82) is 0 Å². The van der Waals surface area contributed by atoms with E-state index in [1.54, 1.807) is 30.3 Å². The van der Waals surface area contributed by atoms with Gasteiger partial charge in [0.15, 0.2) is 5.60 Å². The number of carbonyl (C=O) groups excluding carboxylic acids is 1. The molecular weight excluding hydrogens is 264 g/mol. The summed E-state index contributed by atoms with van der Waals surface area (Å²) in [6, 6.07) is 8.42. The first-order valence-corrected chi connectivity index (χ1v) is 6.37. The summed E-state index contributed by atoms with van der Waals surface area (Å²) in [7, 11) is 0. The number of carboxylic acids is 1. The molecule has 1 saturated heterocycles. The van der Waals surface area contributed by atoms with Gasteiger partial charge >= 0.3 is 11.9 Å². The van der Waals surface area contributed by atoms with Crippen LogP contribution in [0.15, 0.2) is 30.3 Å². The number of carboxylic acid groups (broad SMARTS) is 1. The Balaban J connectivity index is 1.71. The van der Waals surface area contributed by atoms with Gasteiger partial charge in [-0.2, -0.15) is 0 Å². The third kappa shape index (κ3) is 2.28. The number of epoxide rings is 1. The summed E-state index contributed by atoms with van der Waals surface area (Å²) in [5, 5.41) is 19.1. The van der Waals surface area contributed by atoms with Gasteiger partial charge in [-0.05, 0) is 12.1 Å². The maximum atomic E-state index is 12.0. The number of hydrogen-bond acceptors (Lipinski definition) is 5. The van der Waals surface area contributed by atoms with Gasteiger partial charge in [0.1, 0.15) is 12.2 Å². The van der Waals surface area contributed by atoms with E-state index in [4.69, 9.17) is 14.6 Å². The molecule has 2 aliphatic rings. The van der Waals surface area contributed by atoms with Crippen LogP contribution in [0.2, 0.25) is 0 Å². The zero-order chi connectivity index (χ0) is 14.3. The monoisotopic (exact) mass is 278 g/mol. The van der Waals surface area contributed by atoms with E-state index in [-0.39, 0.29) is 25.0 Å². The second-order valence-electron chi connectivity index (χ2n) is 5.19. The van der Waals surface area contributed by atoms with Crippen LogP contribution in [0, 0.1) is 0 Å². The summed E-state index contributed by atoms with van der Waals surface area (Å²) in [6.45, 7) is 0. The van der Waals surface area contributed by atoms with Crippen LogP contribution in [0.1, 0.15) is 23.2 Å². The lowest BCUT2D eigenvalue weighted by molar-refractivity contribution is -0.164. The summed E-state index contributed by atoms with van der Waals surface area (Å²) >= 11 is 0. The van der Waals surface area contributed by atoms with Crippen molar-refractivity contribution in [3.63, 3.8) is 0 Å². The molecule has 0 bridgehead atoms. The van der Waals surface area contributed by atoms with Gasteiger partial charge < -0.3 is 19.7 Å². The second kappa shape index (κ2) is 4.57. The van der Waals surface area contributed by atoms with E-state index in [0.29, 0.717) is 5.56 Å². The number of hydrogen-bond donors (Lipinski definition) is 2. The first-order valence-electron chi connectivity index (χ1n) is 6.37. The van der Waals surface area contributed by atoms with Crippen LogP contribution < -0.4 is 0 Å². The lowest BCUT2D eigenvalue weighted by Gasteiger charge is -2.30. The van der Waals surface area contributed by atoms with Crippen LogP contribution in [-0.2, 0) is 14.3 Å². The Labute approximate surface area is 114 Å². The Morgan fingerprint density at radius 1 is 1.25 bits per heavy atom. The maximum Gasteiger partial charge on any atom is 0.338 e. The molecule has 0 radical (unpaired) electrons. The molecule has 0 aromatic heterocycles. The summed E-state index contributed by atoms with van der Waals surface area (Å²) < 4.78 is 10.6. The van der Waals surface area contributed by atoms with Crippen LogP contribution in [0.4, 0.5) is 0 Å². The molecule has 0 unspecified atom stereocenters. The van der Waals surface area contributed by atoms with Gasteiger partial charge in [0.05, 0.1) is 11.7 Å². The number of aliphatic hydroxyl groups is 1. The molecule has 6 heteroatoms. The van der Waals surface area contributed by atoms with Gasteiger partial charge in [0.2, 0.25) is 0 Å². The number of aliphatic carboxylic acids is 1. The molecule has 3 rings (SSSR count). The van der Waals surface area contributed by atoms with Gasteiger partial charge in [-0.1, -0.05) is 18.2 Å². The summed E-state index contributed by atoms with van der Waals surface area (Å²) in [5.41, 5.74) is -1.51. The number of ether oxygens (including phenoxy) is 2. The maximum absolute atomic E-state index is 12.0. The largest absolute Gasteiger partial charge is 0.479 e. The number of carbonyl (C=O) groups is 2. The molecule has 106 valence electrons. The molecule has 1 aromatic rings. The van der Waals surface area contributed by atoms with E-state index >= 15 is 0 Å². The van der Waals surface area contributed by atoms with Gasteiger partial charge in [-0.15, -0.1) is 0 Å². The van der Waals surface area contributed by atoms with E-state index in [1.165, 1.54) is 0 Å². The van der Waals surface area contributed by atoms with Crippen LogP contribution in [0.5, 0.6) is 0 Å². The number of rotatable bonds is 3. The minimum atomic E-state index is -1.89. The SMILES string of the molecule is O=C(O[C@@H]1C[C@@](O)(C(=O)O)C[C@@H]2O[C@@H]21)c1ccccc1. The highest BCUT2D eigenvalue weighted by molar-refractivity contribution is 5.89. The lowest BCUT2D eigenvalue weighted by Crippen LogP contribution is -2.49. The normalized spacial score (nSPS) is 35.0. The van der Waals surface area contributed by atoms with Gasteiger partial charge in [0.25, 0.3) is 0 Å². The molecular formula is C14H14O6. The highest BCUT2D eigenvalue weighted by Crippen LogP contribution is 2.43. The predicted molar refractivity (Wildman–Crippen MR) is 66.1 cm³/mol. The van der Waals surface area contributed by atoms with Crippen molar-refractivity contribution < 1.29 is 29.3 Å². The van der Waals surface area contributed by atoms with Crippen molar-refractivity contribution in [2.24, 2.45) is 0 Å². The predicted octanol–water partition coefficient (Wildman–Crippen LogP) is 0.589. The number of benzene rings is 1. The fourth-order valence-corrected chi connectivity index (χ4v) is 2.58. The van der Waals surface area contributed by atoms with Crippen molar-refractivity contribution in [2.75, 3.05) is 0 Å². The van der Waals surface area contributed by atoms with Crippen molar-refractivity contribution in [3.8, 4) is 0 Å². The first-order chi connectivity index (χ1) is 9.49. The van der Waals surface area contributed by atoms with Gasteiger partial charge in [-0.3, -0.25) is 0 Å². The minimum Gasteiger partial charge on any atom is -0.479 e. The Hall–Kier alpha value is -1.92. The fourth-order valence-electron chi connectivity index (χ4n) is 2.58. The zero-order valence-electron chi connectivity index (χ0n) is 10.6. The van der Waals surface area contributed by atoms with Crippen molar-refractivity contribution in [1.82, 2.24) is 0 Å². The van der Waals surface area contributed by atoms with E-state index in [1.807, 2.05) is 0 Å².